The average molecular weight is 515 g/mol. The lowest BCUT2D eigenvalue weighted by Crippen LogP contribution is -2.05. The molecule has 2 aromatic heterocycles. The van der Waals surface area contributed by atoms with E-state index in [2.05, 4.69) is 4.98 Å². The summed E-state index contributed by atoms with van der Waals surface area (Å²) in [6.07, 6.45) is -2.84. The third kappa shape index (κ3) is 3.81. The first-order valence-corrected chi connectivity index (χ1v) is 11.4. The number of anilines is 1. The number of aromatic nitrogens is 1. The Morgan fingerprint density at radius 1 is 1.03 bits per heavy atom. The number of pyridine rings is 1. The number of fused-ring (bicyclic) bond motifs is 2. The van der Waals surface area contributed by atoms with Crippen molar-refractivity contribution in [1.82, 2.24) is 4.98 Å². The maximum absolute atomic E-state index is 14.2. The molecule has 0 atom stereocenters. The van der Waals surface area contributed by atoms with Gasteiger partial charge in [-0.05, 0) is 36.4 Å². The minimum absolute atomic E-state index is 0.0512. The van der Waals surface area contributed by atoms with E-state index < -0.39 is 12.2 Å². The lowest BCUT2D eigenvalue weighted by Gasteiger charge is -2.13. The van der Waals surface area contributed by atoms with Crippen LogP contribution in [0.15, 0.2) is 36.4 Å². The van der Waals surface area contributed by atoms with Crippen molar-refractivity contribution in [2.24, 2.45) is 0 Å². The number of benzene rings is 2. The predicted molar refractivity (Wildman–Crippen MR) is 130 cm³/mol. The third-order valence-corrected chi connectivity index (χ3v) is 6.86. The molecule has 0 saturated carbocycles. The zero-order chi connectivity index (χ0) is 25.6. The number of ketones is 1. The molecule has 36 heavy (non-hydrogen) atoms. The first-order valence-electron chi connectivity index (χ1n) is 10.6. The zero-order valence-corrected chi connectivity index (χ0v) is 20.2. The molecule has 1 aliphatic heterocycles. The molecule has 0 saturated heterocycles. The number of thiophene rings is 1. The van der Waals surface area contributed by atoms with Crippen LogP contribution in [-0.2, 0) is 0 Å². The van der Waals surface area contributed by atoms with Crippen molar-refractivity contribution in [3.05, 3.63) is 52.4 Å². The summed E-state index contributed by atoms with van der Waals surface area (Å²) in [7, 11) is 4.30. The number of carbonyl (C=O) groups excluding carboxylic acids is 1. The van der Waals surface area contributed by atoms with Crippen LogP contribution in [0.25, 0.3) is 21.5 Å². The zero-order valence-electron chi connectivity index (χ0n) is 19.4. The van der Waals surface area contributed by atoms with Gasteiger partial charge >= 0.3 is 0 Å². The van der Waals surface area contributed by atoms with Crippen molar-refractivity contribution in [2.45, 2.75) is 6.43 Å². The molecule has 0 unspecified atom stereocenters. The fourth-order valence-electron chi connectivity index (χ4n) is 4.04. The summed E-state index contributed by atoms with van der Waals surface area (Å²) in [6, 6.07) is 9.30. The molecule has 186 valence electrons. The van der Waals surface area contributed by atoms with Gasteiger partial charge in [-0.3, -0.25) is 4.79 Å². The molecular formula is C25H20F2N2O6S. The Labute approximate surface area is 208 Å². The van der Waals surface area contributed by atoms with Crippen molar-refractivity contribution < 1.29 is 37.3 Å². The molecule has 0 amide bonds. The molecular weight excluding hydrogens is 494 g/mol. The van der Waals surface area contributed by atoms with Crippen LogP contribution in [0.4, 0.5) is 14.5 Å². The Kier molecular flexibility index (Phi) is 6.00. The highest BCUT2D eigenvalue weighted by Gasteiger charge is 2.27. The first-order chi connectivity index (χ1) is 17.4. The van der Waals surface area contributed by atoms with Gasteiger partial charge in [0, 0.05) is 22.1 Å². The van der Waals surface area contributed by atoms with E-state index >= 15 is 0 Å². The van der Waals surface area contributed by atoms with Gasteiger partial charge in [0.1, 0.15) is 9.71 Å². The second kappa shape index (κ2) is 9.15. The Hall–Kier alpha value is -4.12. The lowest BCUT2D eigenvalue weighted by atomic mass is 10.0. The van der Waals surface area contributed by atoms with Gasteiger partial charge in [0.25, 0.3) is 6.43 Å². The summed E-state index contributed by atoms with van der Waals surface area (Å²) in [5.74, 6) is 1.44. The van der Waals surface area contributed by atoms with Gasteiger partial charge in [0.2, 0.25) is 18.3 Å². The second-order valence-corrected chi connectivity index (χ2v) is 8.73. The van der Waals surface area contributed by atoms with Crippen LogP contribution >= 0.6 is 11.3 Å². The SMILES string of the molecule is COc1cc(C(=O)c2sc3nc(-c4ccc5c(c4)OCO5)cc(C(F)F)c3c2N)cc(OC)c1OC. The summed E-state index contributed by atoms with van der Waals surface area (Å²) in [4.78, 5) is 18.3. The van der Waals surface area contributed by atoms with Crippen LogP contribution in [0.5, 0.6) is 28.7 Å². The minimum Gasteiger partial charge on any atom is -0.493 e. The van der Waals surface area contributed by atoms with Gasteiger partial charge in [0.05, 0.1) is 32.7 Å². The summed E-state index contributed by atoms with van der Waals surface area (Å²) in [5, 5.41) is 0.0512. The Morgan fingerprint density at radius 3 is 2.36 bits per heavy atom. The van der Waals surface area contributed by atoms with Gasteiger partial charge in [-0.15, -0.1) is 11.3 Å². The van der Waals surface area contributed by atoms with Gasteiger partial charge in [-0.25, -0.2) is 13.8 Å². The van der Waals surface area contributed by atoms with Crippen LogP contribution in [0.1, 0.15) is 27.2 Å². The monoisotopic (exact) mass is 514 g/mol. The average Bonchev–Trinajstić information content (AvgIpc) is 3.50. The van der Waals surface area contributed by atoms with Crippen LogP contribution in [0.3, 0.4) is 0 Å². The fourth-order valence-corrected chi connectivity index (χ4v) is 5.13. The van der Waals surface area contributed by atoms with E-state index in [1.807, 2.05) is 0 Å². The molecule has 0 aliphatic carbocycles. The normalized spacial score (nSPS) is 12.3. The lowest BCUT2D eigenvalue weighted by molar-refractivity contribution is 0.104. The number of hydrogen-bond donors (Lipinski definition) is 1. The van der Waals surface area contributed by atoms with Gasteiger partial charge < -0.3 is 29.4 Å². The van der Waals surface area contributed by atoms with E-state index in [0.29, 0.717) is 28.5 Å². The minimum atomic E-state index is -2.84. The van der Waals surface area contributed by atoms with Crippen LogP contribution < -0.4 is 29.4 Å². The van der Waals surface area contributed by atoms with E-state index in [1.54, 1.807) is 18.2 Å². The smallest absolute Gasteiger partial charge is 0.264 e. The molecule has 2 N–H and O–H groups in total. The first kappa shape index (κ1) is 23.6. The molecule has 11 heteroatoms. The molecule has 3 heterocycles. The van der Waals surface area contributed by atoms with Gasteiger partial charge in [-0.1, -0.05) is 0 Å². The molecule has 0 fully saturated rings. The van der Waals surface area contributed by atoms with Crippen molar-refractivity contribution in [3.63, 3.8) is 0 Å². The summed E-state index contributed by atoms with van der Waals surface area (Å²) in [6.45, 7) is 0.0847. The summed E-state index contributed by atoms with van der Waals surface area (Å²) in [5.41, 5.74) is 6.94. The highest BCUT2D eigenvalue weighted by molar-refractivity contribution is 7.21. The van der Waals surface area contributed by atoms with Crippen molar-refractivity contribution >= 4 is 33.0 Å². The van der Waals surface area contributed by atoms with E-state index in [4.69, 9.17) is 29.4 Å². The number of nitrogens with two attached hydrogens (primary N) is 1. The maximum Gasteiger partial charge on any atom is 0.264 e. The van der Waals surface area contributed by atoms with Crippen LogP contribution in [0.2, 0.25) is 0 Å². The molecule has 5 rings (SSSR count). The number of alkyl halides is 2. The standard InChI is InChI=1S/C25H20F2N2O6S/c1-31-17-7-12(8-18(32-2)22(17)33-3)21(30)23-20(28)19-13(24(26)27)9-14(29-25(19)36-23)11-4-5-15-16(6-11)35-10-34-15/h4-9,24H,10,28H2,1-3H3. The molecule has 8 nitrogen and oxygen atoms in total. The Balaban J connectivity index is 1.65. The topological polar surface area (TPSA) is 102 Å². The number of hydrogen-bond acceptors (Lipinski definition) is 9. The second-order valence-electron chi connectivity index (χ2n) is 7.73. The van der Waals surface area contributed by atoms with Gasteiger partial charge in [-0.2, -0.15) is 0 Å². The van der Waals surface area contributed by atoms with Crippen LogP contribution in [0, 0.1) is 0 Å². The highest BCUT2D eigenvalue weighted by atomic mass is 32.1. The van der Waals surface area contributed by atoms with Crippen LogP contribution in [-0.4, -0.2) is 38.9 Å². The van der Waals surface area contributed by atoms with Gasteiger partial charge in [0.15, 0.2) is 23.0 Å². The highest BCUT2D eigenvalue weighted by Crippen LogP contribution is 2.44. The number of nitrogens with zero attached hydrogens (tertiary/aromatic N) is 1. The maximum atomic E-state index is 14.2. The molecule has 0 spiro atoms. The number of halogens is 2. The Morgan fingerprint density at radius 2 is 1.72 bits per heavy atom. The van der Waals surface area contributed by atoms with E-state index in [0.717, 1.165) is 11.3 Å². The van der Waals surface area contributed by atoms with Crippen molar-refractivity contribution in [1.29, 1.82) is 0 Å². The molecule has 2 aromatic carbocycles. The molecule has 0 radical (unpaired) electrons. The third-order valence-electron chi connectivity index (χ3n) is 5.77. The molecule has 1 aliphatic rings. The van der Waals surface area contributed by atoms with Crippen molar-refractivity contribution in [3.8, 4) is 40.0 Å². The number of carbonyl (C=O) groups is 1. The fraction of sp³-hybridized carbons (Fsp3) is 0.200. The molecule has 0 bridgehead atoms. The Bertz CT molecular complexity index is 1480. The predicted octanol–water partition coefficient (Wildman–Crippen LogP) is 5.47. The van der Waals surface area contributed by atoms with E-state index in [1.165, 1.54) is 39.5 Å². The number of rotatable bonds is 7. The quantitative estimate of drug-likeness (QED) is 0.324. The largest absolute Gasteiger partial charge is 0.493 e. The number of methoxy groups -OCH3 is 3. The van der Waals surface area contributed by atoms with E-state index in [-0.39, 0.29) is 50.2 Å². The summed E-state index contributed by atoms with van der Waals surface area (Å²) >= 11 is 0.942. The molecule has 4 aromatic rings. The van der Waals surface area contributed by atoms with Crippen molar-refractivity contribution in [2.75, 3.05) is 33.9 Å². The summed E-state index contributed by atoms with van der Waals surface area (Å²) < 4.78 is 55.0. The number of nitrogen functional groups attached to an aromatic ring is 1. The van der Waals surface area contributed by atoms with E-state index in [9.17, 15) is 13.6 Å². The number of ether oxygens (including phenoxy) is 5.